The Kier molecular flexibility index (Phi) is 6.79. The summed E-state index contributed by atoms with van der Waals surface area (Å²) in [4.78, 5) is 20.3. The fourth-order valence-corrected chi connectivity index (χ4v) is 4.58. The average molecular weight is 432 g/mol. The minimum atomic E-state index is -0.226. The number of ether oxygens (including phenoxy) is 1. The van der Waals surface area contributed by atoms with Gasteiger partial charge in [0, 0.05) is 22.1 Å². The molecule has 0 unspecified atom stereocenters. The predicted molar refractivity (Wildman–Crippen MR) is 117 cm³/mol. The van der Waals surface area contributed by atoms with Crippen LogP contribution in [0.25, 0.3) is 6.08 Å². The second-order valence-electron chi connectivity index (χ2n) is 5.96. The Morgan fingerprint density at radius 1 is 1.43 bits per heavy atom. The lowest BCUT2D eigenvalue weighted by Crippen LogP contribution is -2.30. The van der Waals surface area contributed by atoms with Crippen molar-refractivity contribution in [3.05, 3.63) is 50.8 Å². The third kappa shape index (κ3) is 4.41. The van der Waals surface area contributed by atoms with Crippen LogP contribution in [0.5, 0.6) is 5.75 Å². The highest BCUT2D eigenvalue weighted by Gasteiger charge is 2.34. The van der Waals surface area contributed by atoms with Crippen molar-refractivity contribution in [1.29, 1.82) is 5.26 Å². The highest BCUT2D eigenvalue weighted by molar-refractivity contribution is 8.14. The van der Waals surface area contributed by atoms with E-state index in [2.05, 4.69) is 11.1 Å². The van der Waals surface area contributed by atoms with Crippen LogP contribution in [-0.2, 0) is 4.79 Å². The Morgan fingerprint density at radius 3 is 2.93 bits per heavy atom. The molecule has 0 aliphatic carbocycles. The number of nitriles is 1. The number of aliphatic imine (C=N–C) groups is 1. The number of anilines is 1. The number of thioether (sulfide) groups is 1. The number of carbonyl (C=O) groups excluding carboxylic acids is 1. The first-order valence-corrected chi connectivity index (χ1v) is 10.8. The van der Waals surface area contributed by atoms with E-state index >= 15 is 0 Å². The SMILES string of the molecule is COc1ccc(Cl)cc1N1C(=O)C(=Cc2sccc2C)N=C1SCCCC#N. The van der Waals surface area contributed by atoms with Crippen molar-refractivity contribution in [2.24, 2.45) is 4.99 Å². The van der Waals surface area contributed by atoms with Crippen LogP contribution in [0, 0.1) is 18.3 Å². The van der Waals surface area contributed by atoms with Gasteiger partial charge < -0.3 is 4.74 Å². The molecule has 1 aliphatic rings. The minimum absolute atomic E-state index is 0.226. The van der Waals surface area contributed by atoms with E-state index < -0.39 is 0 Å². The second-order valence-corrected chi connectivity index (χ2v) is 8.40. The smallest absolute Gasteiger partial charge is 0.283 e. The number of carbonyl (C=O) groups is 1. The molecule has 0 saturated heterocycles. The van der Waals surface area contributed by atoms with Gasteiger partial charge in [0.2, 0.25) is 0 Å². The first-order chi connectivity index (χ1) is 13.5. The fourth-order valence-electron chi connectivity index (χ4n) is 2.61. The molecule has 1 aromatic carbocycles. The van der Waals surface area contributed by atoms with E-state index in [-0.39, 0.29) is 5.91 Å². The molecule has 0 spiro atoms. The van der Waals surface area contributed by atoms with Crippen LogP contribution < -0.4 is 9.64 Å². The van der Waals surface area contributed by atoms with Gasteiger partial charge in [0.05, 0.1) is 18.9 Å². The quantitative estimate of drug-likeness (QED) is 0.447. The number of thiophene rings is 1. The molecule has 0 radical (unpaired) electrons. The van der Waals surface area contributed by atoms with Gasteiger partial charge in [0.1, 0.15) is 11.4 Å². The number of hydrogen-bond donors (Lipinski definition) is 0. The molecule has 5 nitrogen and oxygen atoms in total. The van der Waals surface area contributed by atoms with Gasteiger partial charge in [0.25, 0.3) is 5.91 Å². The molecule has 0 fully saturated rings. The zero-order valence-corrected chi connectivity index (χ0v) is 17.8. The van der Waals surface area contributed by atoms with Gasteiger partial charge in [-0.15, -0.1) is 11.3 Å². The summed E-state index contributed by atoms with van der Waals surface area (Å²) in [6, 6.07) is 9.29. The summed E-state index contributed by atoms with van der Waals surface area (Å²) < 4.78 is 5.44. The van der Waals surface area contributed by atoms with Gasteiger partial charge in [-0.05, 0) is 54.6 Å². The largest absolute Gasteiger partial charge is 0.495 e. The number of amidine groups is 1. The first-order valence-electron chi connectivity index (χ1n) is 8.57. The van der Waals surface area contributed by atoms with Crippen molar-refractivity contribution in [2.75, 3.05) is 17.8 Å². The van der Waals surface area contributed by atoms with E-state index in [0.717, 1.165) is 16.9 Å². The summed E-state index contributed by atoms with van der Waals surface area (Å²) in [6.45, 7) is 2.00. The number of hydrogen-bond acceptors (Lipinski definition) is 6. The van der Waals surface area contributed by atoms with E-state index in [0.29, 0.717) is 39.5 Å². The number of benzene rings is 1. The Hall–Kier alpha value is -2.27. The van der Waals surface area contributed by atoms with Crippen molar-refractivity contribution < 1.29 is 9.53 Å². The van der Waals surface area contributed by atoms with E-state index in [4.69, 9.17) is 21.6 Å². The van der Waals surface area contributed by atoms with E-state index in [1.54, 1.807) is 36.6 Å². The minimum Gasteiger partial charge on any atom is -0.495 e. The Bertz CT molecular complexity index is 992. The molecule has 144 valence electrons. The lowest BCUT2D eigenvalue weighted by atomic mass is 10.2. The van der Waals surface area contributed by atoms with Crippen LogP contribution in [0.3, 0.4) is 0 Å². The molecule has 2 aromatic rings. The van der Waals surface area contributed by atoms with Gasteiger partial charge >= 0.3 is 0 Å². The molecular weight excluding hydrogens is 414 g/mol. The summed E-state index contributed by atoms with van der Waals surface area (Å²) in [5.74, 6) is 0.998. The van der Waals surface area contributed by atoms with E-state index in [9.17, 15) is 4.79 Å². The standard InChI is InChI=1S/C20H18ClN3O2S2/c1-13-7-10-27-18(13)12-15-19(25)24(20(23-15)28-9-4-3-8-22)16-11-14(21)5-6-17(16)26-2/h5-7,10-12H,3-4,9H2,1-2H3. The van der Waals surface area contributed by atoms with Crippen LogP contribution >= 0.6 is 34.7 Å². The first kappa shape index (κ1) is 20.5. The van der Waals surface area contributed by atoms with Crippen molar-refractivity contribution in [1.82, 2.24) is 0 Å². The van der Waals surface area contributed by atoms with Crippen LogP contribution in [-0.4, -0.2) is 23.9 Å². The number of rotatable bonds is 6. The molecule has 0 bridgehead atoms. The van der Waals surface area contributed by atoms with Crippen molar-refractivity contribution in [3.63, 3.8) is 0 Å². The molecule has 3 rings (SSSR count). The predicted octanol–water partition coefficient (Wildman–Crippen LogP) is 5.50. The highest BCUT2D eigenvalue weighted by Crippen LogP contribution is 2.37. The number of halogens is 1. The molecule has 1 aliphatic heterocycles. The molecule has 0 saturated carbocycles. The van der Waals surface area contributed by atoms with Gasteiger partial charge in [-0.1, -0.05) is 23.4 Å². The van der Waals surface area contributed by atoms with Crippen molar-refractivity contribution in [2.45, 2.75) is 19.8 Å². The molecule has 28 heavy (non-hydrogen) atoms. The molecule has 1 aromatic heterocycles. The van der Waals surface area contributed by atoms with Gasteiger partial charge in [-0.25, -0.2) is 9.89 Å². The van der Waals surface area contributed by atoms with Gasteiger partial charge in [-0.2, -0.15) is 5.26 Å². The maximum atomic E-state index is 13.2. The lowest BCUT2D eigenvalue weighted by molar-refractivity contribution is -0.113. The third-order valence-electron chi connectivity index (χ3n) is 4.04. The number of unbranched alkanes of at least 4 members (excludes halogenated alkanes) is 1. The monoisotopic (exact) mass is 431 g/mol. The normalized spacial score (nSPS) is 15.1. The molecule has 0 atom stereocenters. The third-order valence-corrected chi connectivity index (χ3v) is 6.27. The summed E-state index contributed by atoms with van der Waals surface area (Å²) in [5.41, 5.74) is 2.02. The molecule has 0 N–H and O–H groups in total. The number of aryl methyl sites for hydroxylation is 1. The van der Waals surface area contributed by atoms with E-state index in [1.807, 2.05) is 24.4 Å². The molecular formula is C20H18ClN3O2S2. The van der Waals surface area contributed by atoms with E-state index in [1.165, 1.54) is 16.7 Å². The topological polar surface area (TPSA) is 65.7 Å². The number of nitrogens with zero attached hydrogens (tertiary/aromatic N) is 3. The Labute approximate surface area is 177 Å². The summed E-state index contributed by atoms with van der Waals surface area (Å²) in [7, 11) is 1.55. The summed E-state index contributed by atoms with van der Waals surface area (Å²) in [6.07, 6.45) is 3.00. The maximum Gasteiger partial charge on any atom is 0.283 e. The van der Waals surface area contributed by atoms with Crippen molar-refractivity contribution in [3.8, 4) is 11.8 Å². The van der Waals surface area contributed by atoms with Gasteiger partial charge in [0.15, 0.2) is 5.17 Å². The highest BCUT2D eigenvalue weighted by atomic mass is 35.5. The Balaban J connectivity index is 1.99. The second kappa shape index (κ2) is 9.28. The van der Waals surface area contributed by atoms with Crippen molar-refractivity contribution >= 4 is 57.5 Å². The van der Waals surface area contributed by atoms with Crippen LogP contribution in [0.2, 0.25) is 5.02 Å². The Morgan fingerprint density at radius 2 is 2.25 bits per heavy atom. The zero-order valence-electron chi connectivity index (χ0n) is 15.4. The number of methoxy groups -OCH3 is 1. The average Bonchev–Trinajstić information content (AvgIpc) is 3.22. The lowest BCUT2D eigenvalue weighted by Gasteiger charge is -2.20. The van der Waals surface area contributed by atoms with Crippen LogP contribution in [0.1, 0.15) is 23.3 Å². The van der Waals surface area contributed by atoms with Crippen LogP contribution in [0.15, 0.2) is 40.3 Å². The summed E-state index contributed by atoms with van der Waals surface area (Å²) in [5, 5.41) is 11.8. The zero-order chi connectivity index (χ0) is 20.1. The number of amides is 1. The van der Waals surface area contributed by atoms with Gasteiger partial charge in [-0.3, -0.25) is 4.79 Å². The summed E-state index contributed by atoms with van der Waals surface area (Å²) >= 11 is 9.19. The fraction of sp³-hybridized carbons (Fsp3) is 0.250. The molecule has 2 heterocycles. The molecule has 8 heteroatoms. The maximum absolute atomic E-state index is 13.2. The molecule has 1 amide bonds. The van der Waals surface area contributed by atoms with Crippen LogP contribution in [0.4, 0.5) is 5.69 Å².